The van der Waals surface area contributed by atoms with E-state index in [-0.39, 0.29) is 29.4 Å². The van der Waals surface area contributed by atoms with Crippen LogP contribution < -0.4 is 5.32 Å². The quantitative estimate of drug-likeness (QED) is 0.665. The van der Waals surface area contributed by atoms with Crippen LogP contribution in [0.25, 0.3) is 10.2 Å². The van der Waals surface area contributed by atoms with Crippen molar-refractivity contribution < 1.29 is 17.6 Å². The third kappa shape index (κ3) is 4.18. The summed E-state index contributed by atoms with van der Waals surface area (Å²) in [6, 6.07) is 6.45. The molecule has 2 aromatic heterocycles. The van der Waals surface area contributed by atoms with Gasteiger partial charge in [-0.3, -0.25) is 4.79 Å². The molecule has 0 fully saturated rings. The lowest BCUT2D eigenvalue weighted by Crippen LogP contribution is -2.15. The Labute approximate surface area is 147 Å². The van der Waals surface area contributed by atoms with Crippen molar-refractivity contribution in [2.24, 2.45) is 0 Å². The average molecular weight is 379 g/mol. The Morgan fingerprint density at radius 2 is 1.92 bits per heavy atom. The Morgan fingerprint density at radius 3 is 2.68 bits per heavy atom. The summed E-state index contributed by atoms with van der Waals surface area (Å²) >= 11 is 1.44. The van der Waals surface area contributed by atoms with Crippen molar-refractivity contribution in [1.29, 1.82) is 0 Å². The topological polar surface area (TPSA) is 89.0 Å². The zero-order valence-electron chi connectivity index (χ0n) is 13.0. The van der Waals surface area contributed by atoms with E-state index in [1.807, 2.05) is 11.4 Å². The van der Waals surface area contributed by atoms with Crippen LogP contribution in [0.15, 0.2) is 46.9 Å². The standard InChI is InChI=1S/C16H14FN3O3S2/c17-11-3-5-12(6-4-11)25(22,23)9-1-2-14(21)20-15-13-7-8-24-16(13)19-10-18-15/h3-8,10H,1-2,9H2,(H,18,19,20,21). The second-order valence-electron chi connectivity index (χ2n) is 5.29. The van der Waals surface area contributed by atoms with Crippen molar-refractivity contribution in [2.45, 2.75) is 17.7 Å². The van der Waals surface area contributed by atoms with Gasteiger partial charge in [-0.15, -0.1) is 11.3 Å². The Kier molecular flexibility index (Phi) is 5.05. The van der Waals surface area contributed by atoms with Crippen LogP contribution in [0.1, 0.15) is 12.8 Å². The van der Waals surface area contributed by atoms with Gasteiger partial charge in [-0.05, 0) is 42.1 Å². The number of hydrogen-bond donors (Lipinski definition) is 1. The molecule has 0 aliphatic carbocycles. The van der Waals surface area contributed by atoms with Crippen LogP contribution in [0.3, 0.4) is 0 Å². The molecule has 0 aliphatic rings. The summed E-state index contributed by atoms with van der Waals surface area (Å²) in [6.07, 6.45) is 1.56. The van der Waals surface area contributed by atoms with Crippen molar-refractivity contribution in [3.63, 3.8) is 0 Å². The molecule has 0 saturated carbocycles. The highest BCUT2D eigenvalue weighted by Gasteiger charge is 2.16. The molecule has 1 aromatic carbocycles. The molecule has 1 N–H and O–H groups in total. The molecule has 2 heterocycles. The van der Waals surface area contributed by atoms with Gasteiger partial charge >= 0.3 is 0 Å². The van der Waals surface area contributed by atoms with E-state index in [4.69, 9.17) is 0 Å². The number of amides is 1. The third-order valence-electron chi connectivity index (χ3n) is 3.51. The summed E-state index contributed by atoms with van der Waals surface area (Å²) in [4.78, 5) is 21.0. The minimum atomic E-state index is -3.54. The molecule has 0 radical (unpaired) electrons. The second-order valence-corrected chi connectivity index (χ2v) is 8.29. The van der Waals surface area contributed by atoms with Gasteiger partial charge in [0.25, 0.3) is 0 Å². The molecule has 130 valence electrons. The Balaban J connectivity index is 1.57. The number of benzene rings is 1. The summed E-state index contributed by atoms with van der Waals surface area (Å²) in [5.74, 6) is -0.593. The molecule has 0 atom stereocenters. The predicted molar refractivity (Wildman–Crippen MR) is 93.7 cm³/mol. The van der Waals surface area contributed by atoms with Crippen LogP contribution in [-0.4, -0.2) is 30.0 Å². The highest BCUT2D eigenvalue weighted by molar-refractivity contribution is 7.91. The van der Waals surface area contributed by atoms with E-state index in [1.54, 1.807) is 0 Å². The van der Waals surface area contributed by atoms with Gasteiger partial charge < -0.3 is 5.32 Å². The average Bonchev–Trinajstić information content (AvgIpc) is 3.05. The molecule has 25 heavy (non-hydrogen) atoms. The molecular formula is C16H14FN3O3S2. The van der Waals surface area contributed by atoms with Crippen molar-refractivity contribution in [2.75, 3.05) is 11.1 Å². The van der Waals surface area contributed by atoms with Gasteiger partial charge in [0, 0.05) is 6.42 Å². The SMILES string of the molecule is O=C(CCCS(=O)(=O)c1ccc(F)cc1)Nc1ncnc2sccc12. The largest absolute Gasteiger partial charge is 0.310 e. The first-order valence-electron chi connectivity index (χ1n) is 7.42. The zero-order chi connectivity index (χ0) is 17.9. The number of carbonyl (C=O) groups is 1. The summed E-state index contributed by atoms with van der Waals surface area (Å²) in [5, 5.41) is 5.28. The maximum absolute atomic E-state index is 12.9. The number of hydrogen-bond acceptors (Lipinski definition) is 6. The van der Waals surface area contributed by atoms with Gasteiger partial charge in [0.05, 0.1) is 16.0 Å². The lowest BCUT2D eigenvalue weighted by molar-refractivity contribution is -0.116. The van der Waals surface area contributed by atoms with Gasteiger partial charge in [0.15, 0.2) is 9.84 Å². The summed E-state index contributed by atoms with van der Waals surface area (Å²) in [5.41, 5.74) is 0. The Bertz CT molecular complexity index is 1000. The molecule has 0 saturated heterocycles. The summed E-state index contributed by atoms with van der Waals surface area (Å²) in [7, 11) is -3.54. The first-order chi connectivity index (χ1) is 12.0. The smallest absolute Gasteiger partial charge is 0.225 e. The Hall–Kier alpha value is -2.39. The highest BCUT2D eigenvalue weighted by Crippen LogP contribution is 2.23. The van der Waals surface area contributed by atoms with E-state index in [0.717, 1.165) is 22.3 Å². The fraction of sp³-hybridized carbons (Fsp3) is 0.188. The summed E-state index contributed by atoms with van der Waals surface area (Å²) in [6.45, 7) is 0. The van der Waals surface area contributed by atoms with Crippen molar-refractivity contribution in [1.82, 2.24) is 9.97 Å². The number of nitrogens with one attached hydrogen (secondary N) is 1. The first-order valence-corrected chi connectivity index (χ1v) is 9.95. The van der Waals surface area contributed by atoms with E-state index in [9.17, 15) is 17.6 Å². The third-order valence-corrected chi connectivity index (χ3v) is 6.15. The van der Waals surface area contributed by atoms with Crippen LogP contribution in [0.4, 0.5) is 10.2 Å². The molecule has 3 aromatic rings. The van der Waals surface area contributed by atoms with Gasteiger partial charge in [-0.1, -0.05) is 0 Å². The van der Waals surface area contributed by atoms with E-state index in [2.05, 4.69) is 15.3 Å². The van der Waals surface area contributed by atoms with Crippen molar-refractivity contribution in [3.05, 3.63) is 47.9 Å². The maximum atomic E-state index is 12.9. The number of halogens is 1. The minimum absolute atomic E-state index is 0.0378. The van der Waals surface area contributed by atoms with Gasteiger partial charge in [-0.2, -0.15) is 0 Å². The van der Waals surface area contributed by atoms with Crippen molar-refractivity contribution in [3.8, 4) is 0 Å². The molecule has 0 spiro atoms. The monoisotopic (exact) mass is 379 g/mol. The van der Waals surface area contributed by atoms with Gasteiger partial charge in [0.2, 0.25) is 5.91 Å². The fourth-order valence-corrected chi connectivity index (χ4v) is 4.31. The minimum Gasteiger partial charge on any atom is -0.310 e. The van der Waals surface area contributed by atoms with E-state index in [0.29, 0.717) is 5.82 Å². The number of sulfone groups is 1. The molecule has 0 aliphatic heterocycles. The predicted octanol–water partition coefficient (Wildman–Crippen LogP) is 3.02. The summed E-state index contributed by atoms with van der Waals surface area (Å²) < 4.78 is 37.2. The van der Waals surface area contributed by atoms with Crippen LogP contribution in [0.5, 0.6) is 0 Å². The molecule has 0 bridgehead atoms. The number of fused-ring (bicyclic) bond motifs is 1. The number of aromatic nitrogens is 2. The maximum Gasteiger partial charge on any atom is 0.225 e. The highest BCUT2D eigenvalue weighted by atomic mass is 32.2. The van der Waals surface area contributed by atoms with Crippen LogP contribution in [-0.2, 0) is 14.6 Å². The number of thiophene rings is 1. The lowest BCUT2D eigenvalue weighted by Gasteiger charge is -2.06. The number of rotatable bonds is 6. The molecule has 9 heteroatoms. The number of carbonyl (C=O) groups excluding carboxylic acids is 1. The van der Waals surface area contributed by atoms with E-state index in [1.165, 1.54) is 29.8 Å². The van der Waals surface area contributed by atoms with Gasteiger partial charge in [0.1, 0.15) is 22.8 Å². The number of anilines is 1. The first kappa shape index (κ1) is 17.4. The fourth-order valence-electron chi connectivity index (χ4n) is 2.27. The second kappa shape index (κ2) is 7.24. The van der Waals surface area contributed by atoms with Crippen molar-refractivity contribution >= 4 is 43.1 Å². The molecule has 0 unspecified atom stereocenters. The lowest BCUT2D eigenvalue weighted by atomic mass is 10.3. The van der Waals surface area contributed by atoms with Gasteiger partial charge in [-0.25, -0.2) is 22.8 Å². The molecule has 3 rings (SSSR count). The zero-order valence-corrected chi connectivity index (χ0v) is 14.6. The van der Waals surface area contributed by atoms with Crippen LogP contribution >= 0.6 is 11.3 Å². The number of nitrogens with zero attached hydrogens (tertiary/aromatic N) is 2. The molecule has 6 nitrogen and oxygen atoms in total. The Morgan fingerprint density at radius 1 is 1.16 bits per heavy atom. The molecular weight excluding hydrogens is 365 g/mol. The van der Waals surface area contributed by atoms with Crippen LogP contribution in [0, 0.1) is 5.82 Å². The van der Waals surface area contributed by atoms with E-state index >= 15 is 0 Å². The van der Waals surface area contributed by atoms with Crippen LogP contribution in [0.2, 0.25) is 0 Å². The normalized spacial score (nSPS) is 11.6. The molecule has 1 amide bonds. The van der Waals surface area contributed by atoms with E-state index < -0.39 is 15.7 Å².